The Bertz CT molecular complexity index is 1200. The molecule has 5 rings (SSSR count). The maximum atomic E-state index is 13.6. The highest BCUT2D eigenvalue weighted by molar-refractivity contribution is 6.32. The van der Waals surface area contributed by atoms with Gasteiger partial charge in [-0.15, -0.1) is 0 Å². The minimum absolute atomic E-state index is 0.0319. The molecule has 1 aromatic carbocycles. The number of carbonyl (C=O) groups excluding carboxylic acids is 2. The van der Waals surface area contributed by atoms with E-state index in [0.29, 0.717) is 12.6 Å². The summed E-state index contributed by atoms with van der Waals surface area (Å²) in [5, 5.41) is 16.9. The fraction of sp³-hybridized carbons (Fsp3) is 0.562. The number of allylic oxidation sites excluding steroid dienone is 3. The van der Waals surface area contributed by atoms with Crippen molar-refractivity contribution in [2.45, 2.75) is 96.6 Å². The molecule has 1 saturated carbocycles. The van der Waals surface area contributed by atoms with Crippen molar-refractivity contribution in [3.8, 4) is 0 Å². The van der Waals surface area contributed by atoms with Gasteiger partial charge in [-0.3, -0.25) is 9.59 Å². The lowest BCUT2D eigenvalue weighted by Crippen LogP contribution is -2.43. The Morgan fingerprint density at radius 2 is 1.74 bits per heavy atom. The maximum absolute atomic E-state index is 13.6. The topological polar surface area (TPSA) is 81.7 Å². The highest BCUT2D eigenvalue weighted by Crippen LogP contribution is 2.46. The van der Waals surface area contributed by atoms with Crippen molar-refractivity contribution in [3.05, 3.63) is 57.2 Å². The highest BCUT2D eigenvalue weighted by Gasteiger charge is 2.33. The van der Waals surface area contributed by atoms with Gasteiger partial charge in [-0.05, 0) is 101 Å². The van der Waals surface area contributed by atoms with Crippen molar-refractivity contribution >= 4 is 23.1 Å². The van der Waals surface area contributed by atoms with Crippen LogP contribution in [-0.2, 0) is 9.59 Å². The van der Waals surface area contributed by atoms with Crippen molar-refractivity contribution in [3.63, 3.8) is 0 Å². The Morgan fingerprint density at radius 1 is 1.03 bits per heavy atom. The number of hydrogen-bond acceptors (Lipinski definition) is 4. The van der Waals surface area contributed by atoms with Crippen LogP contribution in [0.25, 0.3) is 5.57 Å². The van der Waals surface area contributed by atoms with Crippen LogP contribution >= 0.6 is 0 Å². The third-order valence-electron chi connectivity index (χ3n) is 8.93. The molecular formula is C32H43N3O3. The van der Waals surface area contributed by atoms with Gasteiger partial charge in [-0.2, -0.15) is 0 Å². The first-order valence-corrected chi connectivity index (χ1v) is 14.6. The average Bonchev–Trinajstić information content (AvgIpc) is 3.12. The largest absolute Gasteiger partial charge is 0.390 e. The number of aliphatic hydroxyl groups excluding tert-OH is 1. The Kier molecular flexibility index (Phi) is 8.20. The number of fused-ring (bicyclic) bond motifs is 1. The molecular weight excluding hydrogens is 474 g/mol. The predicted molar refractivity (Wildman–Crippen MR) is 153 cm³/mol. The number of aliphatic hydroxyl groups is 1. The van der Waals surface area contributed by atoms with Crippen molar-refractivity contribution in [1.29, 1.82) is 0 Å². The molecule has 38 heavy (non-hydrogen) atoms. The molecule has 4 aliphatic rings. The van der Waals surface area contributed by atoms with E-state index in [1.165, 1.54) is 37.7 Å². The molecule has 2 amide bonds. The van der Waals surface area contributed by atoms with Crippen LogP contribution in [0.4, 0.5) is 5.69 Å². The summed E-state index contributed by atoms with van der Waals surface area (Å²) in [4.78, 5) is 29.0. The summed E-state index contributed by atoms with van der Waals surface area (Å²) in [5.74, 6) is -0.120. The first-order chi connectivity index (χ1) is 18.3. The van der Waals surface area contributed by atoms with Crippen LogP contribution in [0.2, 0.25) is 0 Å². The molecule has 0 bridgehead atoms. The molecule has 0 radical (unpaired) electrons. The molecule has 0 aromatic heterocycles. The third-order valence-corrected chi connectivity index (χ3v) is 8.93. The fourth-order valence-corrected chi connectivity index (χ4v) is 6.97. The van der Waals surface area contributed by atoms with Crippen LogP contribution in [0, 0.1) is 6.92 Å². The van der Waals surface area contributed by atoms with Gasteiger partial charge in [0.2, 0.25) is 0 Å². The van der Waals surface area contributed by atoms with Crippen LogP contribution in [0.1, 0.15) is 88.7 Å². The maximum Gasteiger partial charge on any atom is 0.256 e. The summed E-state index contributed by atoms with van der Waals surface area (Å²) >= 11 is 0. The summed E-state index contributed by atoms with van der Waals surface area (Å²) < 4.78 is 0. The number of nitrogens with one attached hydrogen (secondary N) is 2. The minimum Gasteiger partial charge on any atom is -0.390 e. The zero-order chi connectivity index (χ0) is 26.8. The molecule has 1 fully saturated rings. The van der Waals surface area contributed by atoms with Gasteiger partial charge < -0.3 is 20.6 Å². The van der Waals surface area contributed by atoms with Gasteiger partial charge in [0.05, 0.1) is 11.7 Å². The summed E-state index contributed by atoms with van der Waals surface area (Å²) in [7, 11) is 2.09. The number of aryl methyl sites for hydroxylation is 1. The Balaban J connectivity index is 1.37. The monoisotopic (exact) mass is 517 g/mol. The van der Waals surface area contributed by atoms with Gasteiger partial charge >= 0.3 is 0 Å². The first-order valence-electron chi connectivity index (χ1n) is 14.6. The molecule has 1 heterocycles. The quantitative estimate of drug-likeness (QED) is 0.440. The SMILES string of the molecule is CC1=C(C(=O)NCC(O)CN(C)C2CCCCC2)C2=C(CCC1)/C(=C1\C(=O)Nc3ccc(C)cc31)CCC2. The Labute approximate surface area is 227 Å². The summed E-state index contributed by atoms with van der Waals surface area (Å²) in [6.07, 6.45) is 11.0. The van der Waals surface area contributed by atoms with E-state index in [0.717, 1.165) is 83.2 Å². The predicted octanol–water partition coefficient (Wildman–Crippen LogP) is 5.42. The molecule has 6 nitrogen and oxygen atoms in total. The molecule has 3 N–H and O–H groups in total. The lowest BCUT2D eigenvalue weighted by Gasteiger charge is -2.32. The molecule has 3 aliphatic carbocycles. The number of amides is 2. The molecule has 1 aliphatic heterocycles. The van der Waals surface area contributed by atoms with E-state index in [1.54, 1.807) is 0 Å². The van der Waals surface area contributed by atoms with E-state index in [-0.39, 0.29) is 18.4 Å². The van der Waals surface area contributed by atoms with E-state index in [4.69, 9.17) is 0 Å². The third kappa shape index (κ3) is 5.52. The fourth-order valence-electron chi connectivity index (χ4n) is 6.97. The van der Waals surface area contributed by atoms with Gasteiger partial charge in [0.25, 0.3) is 11.8 Å². The summed E-state index contributed by atoms with van der Waals surface area (Å²) in [5.41, 5.74) is 9.09. The number of hydrogen-bond donors (Lipinski definition) is 3. The number of rotatable bonds is 6. The second-order valence-corrected chi connectivity index (χ2v) is 11.8. The van der Waals surface area contributed by atoms with E-state index in [9.17, 15) is 14.7 Å². The molecule has 204 valence electrons. The molecule has 1 atom stereocenters. The zero-order valence-corrected chi connectivity index (χ0v) is 23.3. The van der Waals surface area contributed by atoms with Crippen LogP contribution in [-0.4, -0.2) is 54.1 Å². The normalized spacial score (nSPS) is 23.2. The molecule has 1 unspecified atom stereocenters. The lowest BCUT2D eigenvalue weighted by atomic mass is 9.79. The smallest absolute Gasteiger partial charge is 0.256 e. The number of benzene rings is 1. The van der Waals surface area contributed by atoms with Crippen molar-refractivity contribution in [1.82, 2.24) is 10.2 Å². The van der Waals surface area contributed by atoms with Crippen LogP contribution < -0.4 is 10.6 Å². The minimum atomic E-state index is -0.600. The highest BCUT2D eigenvalue weighted by atomic mass is 16.3. The van der Waals surface area contributed by atoms with E-state index in [2.05, 4.69) is 42.5 Å². The van der Waals surface area contributed by atoms with Crippen molar-refractivity contribution < 1.29 is 14.7 Å². The second kappa shape index (κ2) is 11.6. The van der Waals surface area contributed by atoms with Gasteiger partial charge in [0, 0.05) is 36.0 Å². The van der Waals surface area contributed by atoms with Gasteiger partial charge in [0.1, 0.15) is 0 Å². The Morgan fingerprint density at radius 3 is 2.53 bits per heavy atom. The first kappa shape index (κ1) is 26.9. The van der Waals surface area contributed by atoms with Gasteiger partial charge in [-0.25, -0.2) is 0 Å². The number of likely N-dealkylation sites (N-methyl/N-ethyl adjacent to an activating group) is 1. The molecule has 0 saturated heterocycles. The van der Waals surface area contributed by atoms with Crippen LogP contribution in [0.15, 0.2) is 46.1 Å². The van der Waals surface area contributed by atoms with E-state index >= 15 is 0 Å². The van der Waals surface area contributed by atoms with Gasteiger partial charge in [0.15, 0.2) is 0 Å². The standard InChI is InChI=1S/C32H43N3O3/c1-20-15-16-28-27(17-20)30(32(38)34-28)26-14-8-13-25-24(26)12-7-9-21(2)29(25)31(37)33-18-23(36)19-35(3)22-10-5-4-6-11-22/h15-17,22-23,36H,4-14,18-19H2,1-3H3,(H,33,37)(H,34,38)/b30-26-. The lowest BCUT2D eigenvalue weighted by molar-refractivity contribution is -0.118. The summed E-state index contributed by atoms with van der Waals surface area (Å²) in [6, 6.07) is 6.65. The molecule has 6 heteroatoms. The number of nitrogens with zero attached hydrogens (tertiary/aromatic N) is 1. The summed E-state index contributed by atoms with van der Waals surface area (Å²) in [6.45, 7) is 4.94. The van der Waals surface area contributed by atoms with Crippen molar-refractivity contribution in [2.75, 3.05) is 25.5 Å². The molecule has 1 aromatic rings. The Hall–Kier alpha value is -2.70. The average molecular weight is 518 g/mol. The van der Waals surface area contributed by atoms with Crippen LogP contribution in [0.5, 0.6) is 0 Å². The van der Waals surface area contributed by atoms with E-state index < -0.39 is 6.10 Å². The van der Waals surface area contributed by atoms with Gasteiger partial charge in [-0.1, -0.05) is 36.5 Å². The van der Waals surface area contributed by atoms with Crippen LogP contribution in [0.3, 0.4) is 0 Å². The number of anilines is 1. The second-order valence-electron chi connectivity index (χ2n) is 11.8. The molecule has 0 spiro atoms. The van der Waals surface area contributed by atoms with Crippen molar-refractivity contribution in [2.24, 2.45) is 0 Å². The zero-order valence-electron chi connectivity index (χ0n) is 23.3. The number of carbonyl (C=O) groups is 2. The van der Waals surface area contributed by atoms with E-state index in [1.807, 2.05) is 12.1 Å².